The van der Waals surface area contributed by atoms with Gasteiger partial charge in [0.15, 0.2) is 7.05 Å². The number of nitrogens with one attached hydrogen (secondary N) is 2. The Morgan fingerprint density at radius 1 is 1.29 bits per heavy atom. The zero-order valence-electron chi connectivity index (χ0n) is 14.4. The summed E-state index contributed by atoms with van der Waals surface area (Å²) in [6.45, 7) is 0. The Balaban J connectivity index is 1.62. The molecule has 0 aromatic heterocycles. The zero-order valence-corrected chi connectivity index (χ0v) is 14.4. The Hall–Kier alpha value is -2.08. The van der Waals surface area contributed by atoms with Crippen molar-refractivity contribution in [2.75, 3.05) is 19.4 Å². The van der Waals surface area contributed by atoms with E-state index in [9.17, 15) is 10.0 Å². The fourth-order valence-corrected chi connectivity index (χ4v) is 4.00. The third kappa shape index (κ3) is 3.87. The van der Waals surface area contributed by atoms with Gasteiger partial charge in [0.25, 0.3) is 0 Å². The molecule has 3 N–H and O–H groups in total. The van der Waals surface area contributed by atoms with E-state index in [1.54, 1.807) is 6.21 Å². The number of fused-ring (bicyclic) bond motifs is 2. The maximum Gasteiger partial charge on any atom is 0.319 e. The van der Waals surface area contributed by atoms with Crippen molar-refractivity contribution in [3.8, 4) is 0 Å². The van der Waals surface area contributed by atoms with Gasteiger partial charge in [-0.3, -0.25) is 5.21 Å². The highest BCUT2D eigenvalue weighted by Gasteiger charge is 2.36. The normalized spacial score (nSPS) is 27.6. The number of benzene rings is 1. The number of hydrogen-bond donors (Lipinski definition) is 3. The van der Waals surface area contributed by atoms with E-state index in [0.717, 1.165) is 23.1 Å². The van der Waals surface area contributed by atoms with E-state index < -0.39 is 0 Å². The number of nitrogens with zero attached hydrogens (tertiary/aromatic N) is 2. The Labute approximate surface area is 143 Å². The van der Waals surface area contributed by atoms with E-state index in [2.05, 4.69) is 22.6 Å². The first-order chi connectivity index (χ1) is 11.5. The molecule has 6 nitrogen and oxygen atoms in total. The standard InChI is InChI=1S/C18H26N4O2/c1-21(24)12-13-6-3-4-9-17(13)20-18(23)19-14-10-15-7-5-8-16(11-14)22(15)2/h3-4,6,9,12,14-16,24H,5,7-8,10-11H2,1-2H3,(H,19,23)/p+1. The van der Waals surface area contributed by atoms with Gasteiger partial charge >= 0.3 is 6.03 Å². The number of amides is 2. The molecular formula is C18H27N4O2+. The van der Waals surface area contributed by atoms with Crippen LogP contribution >= 0.6 is 0 Å². The molecule has 1 aromatic rings. The number of rotatable bonds is 3. The van der Waals surface area contributed by atoms with E-state index in [0.29, 0.717) is 17.8 Å². The SMILES string of the molecule is CN1C2CCCC1CC(NC(=O)Nc1ccccc1C=[N+](C)O)C2. The molecule has 130 valence electrons. The van der Waals surface area contributed by atoms with Crippen LogP contribution in [0.4, 0.5) is 10.5 Å². The summed E-state index contributed by atoms with van der Waals surface area (Å²) in [6.07, 6.45) is 7.37. The van der Waals surface area contributed by atoms with Gasteiger partial charge in [-0.1, -0.05) is 18.6 Å². The van der Waals surface area contributed by atoms with Crippen LogP contribution in [-0.4, -0.2) is 59.3 Å². The number of carbonyl (C=O) groups excluding carboxylic acids is 1. The summed E-state index contributed by atoms with van der Waals surface area (Å²) in [7, 11) is 3.75. The van der Waals surface area contributed by atoms with Crippen molar-refractivity contribution >= 4 is 17.9 Å². The summed E-state index contributed by atoms with van der Waals surface area (Å²) in [5, 5.41) is 15.4. The minimum absolute atomic E-state index is 0.177. The molecule has 24 heavy (non-hydrogen) atoms. The van der Waals surface area contributed by atoms with Crippen LogP contribution in [0.5, 0.6) is 0 Å². The topological polar surface area (TPSA) is 67.6 Å². The highest BCUT2D eigenvalue weighted by atomic mass is 16.5. The molecule has 2 amide bonds. The monoisotopic (exact) mass is 331 g/mol. The molecule has 6 heteroatoms. The summed E-state index contributed by atoms with van der Waals surface area (Å²) in [5.74, 6) is 0. The van der Waals surface area contributed by atoms with Crippen molar-refractivity contribution in [3.63, 3.8) is 0 Å². The van der Waals surface area contributed by atoms with E-state index in [1.807, 2.05) is 24.3 Å². The second-order valence-corrected chi connectivity index (χ2v) is 6.96. The molecule has 2 aliphatic heterocycles. The molecule has 2 saturated heterocycles. The molecule has 3 rings (SSSR count). The van der Waals surface area contributed by atoms with Crippen molar-refractivity contribution in [1.82, 2.24) is 10.2 Å². The molecule has 0 aliphatic carbocycles. The third-order valence-corrected chi connectivity index (χ3v) is 5.21. The molecule has 0 saturated carbocycles. The van der Waals surface area contributed by atoms with Gasteiger partial charge in [-0.05, 0) is 49.6 Å². The minimum Gasteiger partial charge on any atom is -0.335 e. The maximum atomic E-state index is 12.4. The fraction of sp³-hybridized carbons (Fsp3) is 0.556. The first-order valence-corrected chi connectivity index (χ1v) is 8.68. The van der Waals surface area contributed by atoms with Crippen LogP contribution in [0.25, 0.3) is 0 Å². The van der Waals surface area contributed by atoms with Gasteiger partial charge in [-0.15, -0.1) is 0 Å². The summed E-state index contributed by atoms with van der Waals surface area (Å²) in [5.41, 5.74) is 1.45. The molecule has 2 atom stereocenters. The molecule has 2 unspecified atom stereocenters. The summed E-state index contributed by atoms with van der Waals surface area (Å²) >= 11 is 0. The van der Waals surface area contributed by atoms with Crippen molar-refractivity contribution < 1.29 is 14.7 Å². The average Bonchev–Trinajstić information content (AvgIpc) is 2.50. The lowest BCUT2D eigenvalue weighted by Gasteiger charge is -2.47. The lowest BCUT2D eigenvalue weighted by molar-refractivity contribution is -0.750. The number of anilines is 1. The number of piperidine rings is 2. The number of urea groups is 1. The second kappa shape index (κ2) is 7.21. The maximum absolute atomic E-state index is 12.4. The molecule has 2 fully saturated rings. The Kier molecular flexibility index (Phi) is 5.04. The van der Waals surface area contributed by atoms with Crippen molar-refractivity contribution in [1.29, 1.82) is 0 Å². The number of para-hydroxylation sites is 1. The largest absolute Gasteiger partial charge is 0.335 e. The lowest BCUT2D eigenvalue weighted by Crippen LogP contribution is -2.55. The highest BCUT2D eigenvalue weighted by molar-refractivity contribution is 5.95. The predicted octanol–water partition coefficient (Wildman–Crippen LogP) is 2.27. The molecule has 2 heterocycles. The molecule has 2 aliphatic rings. The van der Waals surface area contributed by atoms with E-state index >= 15 is 0 Å². The van der Waals surface area contributed by atoms with Crippen LogP contribution in [0, 0.1) is 0 Å². The number of hydroxylamine groups is 1. The van der Waals surface area contributed by atoms with E-state index in [4.69, 9.17) is 0 Å². The lowest BCUT2D eigenvalue weighted by atomic mass is 9.82. The van der Waals surface area contributed by atoms with Crippen LogP contribution in [-0.2, 0) is 0 Å². The van der Waals surface area contributed by atoms with E-state index in [1.165, 1.54) is 26.3 Å². The van der Waals surface area contributed by atoms with Gasteiger partial charge < -0.3 is 15.5 Å². The minimum atomic E-state index is -0.177. The zero-order chi connectivity index (χ0) is 17.1. The Bertz CT molecular complexity index is 613. The van der Waals surface area contributed by atoms with Gasteiger partial charge in [0.2, 0.25) is 6.21 Å². The third-order valence-electron chi connectivity index (χ3n) is 5.21. The second-order valence-electron chi connectivity index (χ2n) is 6.96. The van der Waals surface area contributed by atoms with Crippen LogP contribution in [0.2, 0.25) is 0 Å². The van der Waals surface area contributed by atoms with Crippen molar-refractivity contribution in [2.45, 2.75) is 50.2 Å². The molecule has 1 aromatic carbocycles. The first kappa shape index (κ1) is 16.8. The van der Waals surface area contributed by atoms with Crippen LogP contribution in [0.3, 0.4) is 0 Å². The number of hydrogen-bond acceptors (Lipinski definition) is 3. The summed E-state index contributed by atoms with van der Waals surface area (Å²) in [4.78, 5) is 14.9. The molecule has 0 radical (unpaired) electrons. The highest BCUT2D eigenvalue weighted by Crippen LogP contribution is 2.32. The van der Waals surface area contributed by atoms with E-state index in [-0.39, 0.29) is 12.1 Å². The fourth-order valence-electron chi connectivity index (χ4n) is 4.00. The van der Waals surface area contributed by atoms with Gasteiger partial charge in [0.05, 0.1) is 11.3 Å². The smallest absolute Gasteiger partial charge is 0.319 e. The van der Waals surface area contributed by atoms with Gasteiger partial charge in [0.1, 0.15) is 0 Å². The average molecular weight is 331 g/mol. The predicted molar refractivity (Wildman–Crippen MR) is 93.9 cm³/mol. The molecule has 0 spiro atoms. The molecular weight excluding hydrogens is 304 g/mol. The van der Waals surface area contributed by atoms with Crippen molar-refractivity contribution in [3.05, 3.63) is 29.8 Å². The van der Waals surface area contributed by atoms with Gasteiger partial charge in [-0.2, -0.15) is 0 Å². The van der Waals surface area contributed by atoms with Crippen LogP contribution < -0.4 is 10.6 Å². The molecule has 2 bridgehead atoms. The number of carbonyl (C=O) groups is 1. The quantitative estimate of drug-likeness (QED) is 0.344. The van der Waals surface area contributed by atoms with Gasteiger partial charge in [0, 0.05) is 18.1 Å². The Morgan fingerprint density at radius 2 is 1.96 bits per heavy atom. The van der Waals surface area contributed by atoms with Gasteiger partial charge in [-0.25, -0.2) is 4.79 Å². The summed E-state index contributed by atoms with van der Waals surface area (Å²) in [6, 6.07) is 8.65. The summed E-state index contributed by atoms with van der Waals surface area (Å²) < 4.78 is 0.983. The first-order valence-electron chi connectivity index (χ1n) is 8.68. The van der Waals surface area contributed by atoms with Crippen LogP contribution in [0.1, 0.15) is 37.7 Å². The Morgan fingerprint density at radius 3 is 2.62 bits per heavy atom. The van der Waals surface area contributed by atoms with Crippen LogP contribution in [0.15, 0.2) is 24.3 Å². The van der Waals surface area contributed by atoms with Crippen molar-refractivity contribution in [2.24, 2.45) is 0 Å².